The van der Waals surface area contributed by atoms with Gasteiger partial charge < -0.3 is 19.5 Å². The molecule has 2 fully saturated rings. The summed E-state index contributed by atoms with van der Waals surface area (Å²) in [7, 11) is 0. The first-order chi connectivity index (χ1) is 13.6. The Balaban J connectivity index is 1.59. The minimum Gasteiger partial charge on any atom is -0.379 e. The maximum absolute atomic E-state index is 5.76. The van der Waals surface area contributed by atoms with Crippen LogP contribution in [-0.2, 0) is 4.74 Å². The highest BCUT2D eigenvalue weighted by atomic mass is 32.1. The molecule has 0 amide bonds. The molecule has 0 aromatic carbocycles. The standard InChI is InChI=1S/C21H29N5OS/c1-16(2)25-8-6-17(15-25)20-19(18-5-3-4-7-22-18)23-21(28)26(20)10-9-24-11-13-27-14-12-24/h3-8,15-16,19-20H,9-14H2,1-2H3,(H,23,28)/t19-,20-/m1/s1. The van der Waals surface area contributed by atoms with Crippen molar-refractivity contribution in [2.75, 3.05) is 39.4 Å². The number of nitrogens with one attached hydrogen (secondary N) is 1. The fourth-order valence-corrected chi connectivity index (χ4v) is 4.34. The topological polar surface area (TPSA) is 45.6 Å². The van der Waals surface area contributed by atoms with E-state index < -0.39 is 0 Å². The Morgan fingerprint density at radius 1 is 1.21 bits per heavy atom. The van der Waals surface area contributed by atoms with Crippen molar-refractivity contribution in [1.82, 2.24) is 24.7 Å². The van der Waals surface area contributed by atoms with Gasteiger partial charge in [-0.25, -0.2) is 0 Å². The molecule has 0 radical (unpaired) electrons. The number of aromatic nitrogens is 2. The molecule has 0 saturated carbocycles. The van der Waals surface area contributed by atoms with Gasteiger partial charge in [-0.3, -0.25) is 9.88 Å². The maximum Gasteiger partial charge on any atom is 0.170 e. The number of ether oxygens (including phenoxy) is 1. The summed E-state index contributed by atoms with van der Waals surface area (Å²) in [5.74, 6) is 0. The molecule has 2 atom stereocenters. The van der Waals surface area contributed by atoms with E-state index in [1.807, 2.05) is 18.3 Å². The Hall–Kier alpha value is -1.96. The number of nitrogens with zero attached hydrogens (tertiary/aromatic N) is 4. The van der Waals surface area contributed by atoms with Crippen LogP contribution in [0.2, 0.25) is 0 Å². The van der Waals surface area contributed by atoms with Gasteiger partial charge in [0.05, 0.1) is 31.0 Å². The summed E-state index contributed by atoms with van der Waals surface area (Å²) in [6.45, 7) is 9.91. The molecular formula is C21H29N5OS. The van der Waals surface area contributed by atoms with Gasteiger partial charge in [0.25, 0.3) is 0 Å². The van der Waals surface area contributed by atoms with Gasteiger partial charge in [0.15, 0.2) is 5.11 Å². The number of hydrogen-bond donors (Lipinski definition) is 1. The Bertz CT molecular complexity index is 787. The second-order valence-corrected chi connectivity index (χ2v) is 8.15. The van der Waals surface area contributed by atoms with Crippen molar-refractivity contribution in [3.8, 4) is 0 Å². The van der Waals surface area contributed by atoms with Crippen LogP contribution in [0.5, 0.6) is 0 Å². The van der Waals surface area contributed by atoms with E-state index in [1.54, 1.807) is 0 Å². The second-order valence-electron chi connectivity index (χ2n) is 7.76. The van der Waals surface area contributed by atoms with E-state index in [9.17, 15) is 0 Å². The van der Waals surface area contributed by atoms with Crippen molar-refractivity contribution in [1.29, 1.82) is 0 Å². The van der Waals surface area contributed by atoms with Crippen molar-refractivity contribution in [3.63, 3.8) is 0 Å². The fraction of sp³-hybridized carbons (Fsp3) is 0.524. The zero-order chi connectivity index (χ0) is 19.5. The monoisotopic (exact) mass is 399 g/mol. The van der Waals surface area contributed by atoms with Crippen LogP contribution in [0.1, 0.15) is 43.2 Å². The summed E-state index contributed by atoms with van der Waals surface area (Å²) in [5.41, 5.74) is 2.31. The summed E-state index contributed by atoms with van der Waals surface area (Å²) in [6, 6.07) is 8.93. The van der Waals surface area contributed by atoms with Crippen LogP contribution in [0.25, 0.3) is 0 Å². The average Bonchev–Trinajstić information content (AvgIpc) is 3.32. The molecule has 0 spiro atoms. The van der Waals surface area contributed by atoms with Gasteiger partial charge in [0.2, 0.25) is 0 Å². The normalized spacial score (nSPS) is 23.4. The van der Waals surface area contributed by atoms with E-state index in [-0.39, 0.29) is 12.1 Å². The molecule has 28 heavy (non-hydrogen) atoms. The number of hydrogen-bond acceptors (Lipinski definition) is 4. The summed E-state index contributed by atoms with van der Waals surface area (Å²) in [5, 5.41) is 4.35. The lowest BCUT2D eigenvalue weighted by atomic mass is 9.99. The molecule has 0 aliphatic carbocycles. The van der Waals surface area contributed by atoms with Crippen LogP contribution in [0.4, 0.5) is 0 Å². The Kier molecular flexibility index (Phi) is 5.94. The van der Waals surface area contributed by atoms with Crippen molar-refractivity contribution >= 4 is 17.3 Å². The highest BCUT2D eigenvalue weighted by Gasteiger charge is 2.40. The molecule has 6 nitrogen and oxygen atoms in total. The van der Waals surface area contributed by atoms with Crippen LogP contribution >= 0.6 is 12.2 Å². The second kappa shape index (κ2) is 8.59. The van der Waals surface area contributed by atoms with Crippen molar-refractivity contribution in [3.05, 3.63) is 54.1 Å². The lowest BCUT2D eigenvalue weighted by Gasteiger charge is -2.32. The summed E-state index contributed by atoms with van der Waals surface area (Å²) in [6.07, 6.45) is 6.27. The third-order valence-corrected chi connectivity index (χ3v) is 5.99. The van der Waals surface area contributed by atoms with Crippen molar-refractivity contribution in [2.24, 2.45) is 0 Å². The molecule has 4 heterocycles. The summed E-state index contributed by atoms with van der Waals surface area (Å²) in [4.78, 5) is 9.41. The molecule has 7 heteroatoms. The van der Waals surface area contributed by atoms with Crippen molar-refractivity contribution in [2.45, 2.75) is 32.0 Å². The smallest absolute Gasteiger partial charge is 0.170 e. The van der Waals surface area contributed by atoms with Crippen LogP contribution in [0.15, 0.2) is 42.9 Å². The number of pyridine rings is 1. The minimum atomic E-state index is 0.0569. The van der Waals surface area contributed by atoms with Crippen LogP contribution in [-0.4, -0.2) is 63.9 Å². The number of rotatable bonds is 6. The Morgan fingerprint density at radius 2 is 2.04 bits per heavy atom. The van der Waals surface area contributed by atoms with E-state index in [0.717, 1.165) is 50.2 Å². The van der Waals surface area contributed by atoms with E-state index in [0.29, 0.717) is 6.04 Å². The SMILES string of the molecule is CC(C)n1ccc([C@@H]2[C@@H](c3ccccn3)NC(=S)N2CCN2CCOCC2)c1. The van der Waals surface area contributed by atoms with E-state index in [1.165, 1.54) is 5.56 Å². The van der Waals surface area contributed by atoms with Gasteiger partial charge in [-0.05, 0) is 49.8 Å². The van der Waals surface area contributed by atoms with Crippen LogP contribution < -0.4 is 5.32 Å². The number of thiocarbonyl (C=S) groups is 1. The van der Waals surface area contributed by atoms with E-state index in [2.05, 4.69) is 63.0 Å². The molecule has 2 aromatic rings. The molecule has 2 saturated heterocycles. The first kappa shape index (κ1) is 19.4. The highest BCUT2D eigenvalue weighted by molar-refractivity contribution is 7.80. The molecule has 0 bridgehead atoms. The van der Waals surface area contributed by atoms with Gasteiger partial charge in [-0.1, -0.05) is 6.07 Å². The Morgan fingerprint density at radius 3 is 2.71 bits per heavy atom. The Labute approximate surface area is 172 Å². The zero-order valence-corrected chi connectivity index (χ0v) is 17.4. The first-order valence-electron chi connectivity index (χ1n) is 10.1. The molecule has 2 aliphatic rings. The third-order valence-electron chi connectivity index (χ3n) is 5.63. The number of morpholine rings is 1. The average molecular weight is 400 g/mol. The molecule has 0 unspecified atom stereocenters. The largest absolute Gasteiger partial charge is 0.379 e. The van der Waals surface area contributed by atoms with Gasteiger partial charge in [0.1, 0.15) is 0 Å². The third kappa shape index (κ3) is 4.06. The predicted octanol–water partition coefficient (Wildman–Crippen LogP) is 2.77. The van der Waals surface area contributed by atoms with Gasteiger partial charge >= 0.3 is 0 Å². The molecule has 1 N–H and O–H groups in total. The van der Waals surface area contributed by atoms with Crippen LogP contribution in [0.3, 0.4) is 0 Å². The summed E-state index contributed by atoms with van der Waals surface area (Å²) >= 11 is 5.76. The minimum absolute atomic E-state index is 0.0569. The molecular weight excluding hydrogens is 370 g/mol. The van der Waals surface area contributed by atoms with E-state index >= 15 is 0 Å². The zero-order valence-electron chi connectivity index (χ0n) is 16.6. The van der Waals surface area contributed by atoms with Gasteiger partial charge in [0, 0.05) is 50.8 Å². The lowest BCUT2D eigenvalue weighted by Crippen LogP contribution is -2.42. The molecule has 150 valence electrons. The maximum atomic E-state index is 5.76. The fourth-order valence-electron chi connectivity index (χ4n) is 4.01. The van der Waals surface area contributed by atoms with Crippen LogP contribution in [0, 0.1) is 0 Å². The van der Waals surface area contributed by atoms with Gasteiger partial charge in [-0.2, -0.15) is 0 Å². The molecule has 4 rings (SSSR count). The first-order valence-corrected chi connectivity index (χ1v) is 10.5. The quantitative estimate of drug-likeness (QED) is 0.754. The molecule has 2 aliphatic heterocycles. The predicted molar refractivity (Wildman–Crippen MR) is 114 cm³/mol. The van der Waals surface area contributed by atoms with Crippen molar-refractivity contribution < 1.29 is 4.74 Å². The highest BCUT2D eigenvalue weighted by Crippen LogP contribution is 2.38. The molecule has 2 aromatic heterocycles. The lowest BCUT2D eigenvalue weighted by molar-refractivity contribution is 0.0350. The summed E-state index contributed by atoms with van der Waals surface area (Å²) < 4.78 is 7.73. The van der Waals surface area contributed by atoms with Gasteiger partial charge in [-0.15, -0.1) is 0 Å². The van der Waals surface area contributed by atoms with E-state index in [4.69, 9.17) is 17.0 Å².